The number of aromatic nitrogens is 1. The van der Waals surface area contributed by atoms with Crippen molar-refractivity contribution in [1.82, 2.24) is 9.47 Å². The van der Waals surface area contributed by atoms with E-state index in [2.05, 4.69) is 0 Å². The third-order valence-corrected chi connectivity index (χ3v) is 6.49. The smallest absolute Gasteiger partial charge is 0.269 e. The molecule has 4 rings (SSSR count). The number of hydrogen-bond acceptors (Lipinski definition) is 5. The zero-order chi connectivity index (χ0) is 19.7. The van der Waals surface area contributed by atoms with Gasteiger partial charge in [-0.3, -0.25) is 19.8 Å². The van der Waals surface area contributed by atoms with Crippen LogP contribution < -0.4 is 0 Å². The zero-order valence-corrected chi connectivity index (χ0v) is 16.7. The Bertz CT molecular complexity index is 959. The summed E-state index contributed by atoms with van der Waals surface area (Å²) in [5, 5.41) is 10.9. The molecule has 1 aliphatic heterocycles. The molecule has 144 valence electrons. The Morgan fingerprint density at radius 2 is 1.86 bits per heavy atom. The van der Waals surface area contributed by atoms with Gasteiger partial charge in [-0.1, -0.05) is 43.2 Å². The fourth-order valence-electron chi connectivity index (χ4n) is 3.75. The van der Waals surface area contributed by atoms with Crippen LogP contribution in [0.3, 0.4) is 0 Å². The molecule has 2 aromatic rings. The monoisotopic (exact) mass is 413 g/mol. The summed E-state index contributed by atoms with van der Waals surface area (Å²) in [6.45, 7) is 0. The maximum Gasteiger partial charge on any atom is 0.269 e. The Balaban J connectivity index is 1.60. The first-order chi connectivity index (χ1) is 13.5. The number of non-ortho nitro benzene ring substituents is 1. The number of rotatable bonds is 4. The minimum atomic E-state index is -0.420. The lowest BCUT2D eigenvalue weighted by Gasteiger charge is -2.29. The van der Waals surface area contributed by atoms with Gasteiger partial charge in [0.15, 0.2) is 0 Å². The van der Waals surface area contributed by atoms with Gasteiger partial charge in [0.25, 0.3) is 11.6 Å². The van der Waals surface area contributed by atoms with Gasteiger partial charge in [-0.15, -0.1) is 0 Å². The molecule has 1 saturated carbocycles. The molecular formula is C20H19N3O3S2. The molecular weight excluding hydrogens is 394 g/mol. The number of nitrogens with zero attached hydrogens (tertiary/aromatic N) is 3. The van der Waals surface area contributed by atoms with Crippen LogP contribution in [0.2, 0.25) is 0 Å². The van der Waals surface area contributed by atoms with Gasteiger partial charge in [-0.2, -0.15) is 0 Å². The molecule has 2 fully saturated rings. The normalized spacial score (nSPS) is 19.6. The van der Waals surface area contributed by atoms with Crippen molar-refractivity contribution < 1.29 is 9.72 Å². The number of thiocarbonyl (C=S) groups is 1. The van der Waals surface area contributed by atoms with Crippen LogP contribution in [0.4, 0.5) is 5.69 Å². The van der Waals surface area contributed by atoms with Crippen molar-refractivity contribution in [2.45, 2.75) is 38.1 Å². The first-order valence-corrected chi connectivity index (χ1v) is 10.5. The first-order valence-electron chi connectivity index (χ1n) is 9.24. The van der Waals surface area contributed by atoms with E-state index >= 15 is 0 Å². The minimum Gasteiger partial charge on any atom is -0.317 e. The van der Waals surface area contributed by atoms with Crippen molar-refractivity contribution in [2.24, 2.45) is 0 Å². The third kappa shape index (κ3) is 3.62. The summed E-state index contributed by atoms with van der Waals surface area (Å²) in [7, 11) is 0. The predicted molar refractivity (Wildman–Crippen MR) is 114 cm³/mol. The largest absolute Gasteiger partial charge is 0.317 e. The van der Waals surface area contributed by atoms with Crippen molar-refractivity contribution in [2.75, 3.05) is 0 Å². The Labute approximate surface area is 172 Å². The highest BCUT2D eigenvalue weighted by Gasteiger charge is 2.37. The molecule has 0 N–H and O–H groups in total. The number of carbonyl (C=O) groups excluding carboxylic acids is 1. The second kappa shape index (κ2) is 7.89. The number of amides is 1. The Morgan fingerprint density at radius 1 is 1.14 bits per heavy atom. The van der Waals surface area contributed by atoms with Crippen molar-refractivity contribution >= 4 is 46.0 Å². The van der Waals surface area contributed by atoms with E-state index < -0.39 is 4.92 Å². The van der Waals surface area contributed by atoms with Crippen LogP contribution in [0.25, 0.3) is 11.8 Å². The molecule has 0 unspecified atom stereocenters. The average molecular weight is 414 g/mol. The van der Waals surface area contributed by atoms with E-state index in [-0.39, 0.29) is 17.6 Å². The highest BCUT2D eigenvalue weighted by atomic mass is 32.2. The second-order valence-corrected chi connectivity index (χ2v) is 8.60. The second-order valence-electron chi connectivity index (χ2n) is 6.92. The Morgan fingerprint density at radius 3 is 2.54 bits per heavy atom. The van der Waals surface area contributed by atoms with E-state index in [0.717, 1.165) is 37.1 Å². The van der Waals surface area contributed by atoms with E-state index in [1.165, 1.54) is 30.3 Å². The minimum absolute atomic E-state index is 0.0154. The van der Waals surface area contributed by atoms with Crippen LogP contribution in [0, 0.1) is 10.1 Å². The maximum atomic E-state index is 13.0. The lowest BCUT2D eigenvalue weighted by Crippen LogP contribution is -2.39. The van der Waals surface area contributed by atoms with Crippen LogP contribution in [0.1, 0.15) is 37.8 Å². The van der Waals surface area contributed by atoms with E-state index in [1.807, 2.05) is 29.0 Å². The van der Waals surface area contributed by atoms with Gasteiger partial charge in [0.1, 0.15) is 4.32 Å². The molecule has 1 saturated heterocycles. The summed E-state index contributed by atoms with van der Waals surface area (Å²) in [5.41, 5.74) is 1.67. The molecule has 2 heterocycles. The number of thioether (sulfide) groups is 1. The van der Waals surface area contributed by atoms with Gasteiger partial charge in [0.05, 0.1) is 9.83 Å². The summed E-state index contributed by atoms with van der Waals surface area (Å²) in [6, 6.07) is 10.4. The van der Waals surface area contributed by atoms with Crippen molar-refractivity contribution in [3.63, 3.8) is 0 Å². The summed E-state index contributed by atoms with van der Waals surface area (Å²) < 4.78 is 2.54. The van der Waals surface area contributed by atoms with Gasteiger partial charge in [0, 0.05) is 35.8 Å². The van der Waals surface area contributed by atoms with Gasteiger partial charge in [-0.05, 0) is 43.2 Å². The summed E-state index contributed by atoms with van der Waals surface area (Å²) in [6.07, 6.45) is 9.26. The van der Waals surface area contributed by atoms with Crippen molar-refractivity contribution in [1.29, 1.82) is 0 Å². The molecule has 1 aromatic heterocycles. The molecule has 0 atom stereocenters. The summed E-state index contributed by atoms with van der Waals surface area (Å²) >= 11 is 6.84. The van der Waals surface area contributed by atoms with Gasteiger partial charge >= 0.3 is 0 Å². The maximum absolute atomic E-state index is 13.0. The van der Waals surface area contributed by atoms with Crippen molar-refractivity contribution in [3.05, 3.63) is 63.3 Å². The average Bonchev–Trinajstić information content (AvgIpc) is 3.27. The number of benzene rings is 1. The topological polar surface area (TPSA) is 68.4 Å². The molecule has 8 heteroatoms. The summed E-state index contributed by atoms with van der Waals surface area (Å²) in [4.78, 5) is 25.8. The predicted octanol–water partition coefficient (Wildman–Crippen LogP) is 4.92. The molecule has 0 spiro atoms. The highest BCUT2D eigenvalue weighted by Crippen LogP contribution is 2.37. The lowest BCUT2D eigenvalue weighted by molar-refractivity contribution is -0.384. The number of hydrogen-bond donors (Lipinski definition) is 0. The Kier molecular flexibility index (Phi) is 5.32. The first kappa shape index (κ1) is 18.9. The summed E-state index contributed by atoms with van der Waals surface area (Å²) in [5.74, 6) is -0.0154. The van der Waals surface area contributed by atoms with E-state index in [9.17, 15) is 14.9 Å². The van der Waals surface area contributed by atoms with Crippen LogP contribution >= 0.6 is 24.0 Å². The molecule has 0 bridgehead atoms. The van der Waals surface area contributed by atoms with Crippen LogP contribution in [0.5, 0.6) is 0 Å². The Hall–Kier alpha value is -2.45. The van der Waals surface area contributed by atoms with Crippen LogP contribution in [0.15, 0.2) is 47.5 Å². The zero-order valence-electron chi connectivity index (χ0n) is 15.1. The van der Waals surface area contributed by atoms with Gasteiger partial charge in [0.2, 0.25) is 0 Å². The van der Waals surface area contributed by atoms with Crippen LogP contribution in [-0.2, 0) is 4.79 Å². The molecule has 1 aliphatic carbocycles. The molecule has 0 radical (unpaired) electrons. The van der Waals surface area contributed by atoms with E-state index in [0.29, 0.717) is 9.23 Å². The molecule has 1 amide bonds. The van der Waals surface area contributed by atoms with Gasteiger partial charge in [-0.25, -0.2) is 0 Å². The number of nitro benzene ring substituents is 1. The number of nitro groups is 1. The number of carbonyl (C=O) groups is 1. The molecule has 2 aliphatic rings. The van der Waals surface area contributed by atoms with E-state index in [1.54, 1.807) is 17.0 Å². The van der Waals surface area contributed by atoms with Crippen LogP contribution in [-0.4, -0.2) is 30.7 Å². The fraction of sp³-hybridized carbons (Fsp3) is 0.300. The van der Waals surface area contributed by atoms with E-state index in [4.69, 9.17) is 12.2 Å². The molecule has 1 aromatic carbocycles. The quantitative estimate of drug-likeness (QED) is 0.308. The SMILES string of the molecule is O=C1C(=Cc2cccn2-c2ccc([N+](=O)[O-])cc2)SC(=S)N1C1CCCCC1. The van der Waals surface area contributed by atoms with Gasteiger partial charge < -0.3 is 4.57 Å². The van der Waals surface area contributed by atoms with Crippen molar-refractivity contribution in [3.8, 4) is 5.69 Å². The standard InChI is InChI=1S/C20H19N3O3S2/c24-19-18(28-20(27)22(19)15-5-2-1-3-6-15)13-17-7-4-12-21(17)14-8-10-16(11-9-14)23(25)26/h4,7-13,15H,1-3,5-6H2. The molecule has 6 nitrogen and oxygen atoms in total. The fourth-order valence-corrected chi connectivity index (χ4v) is 5.14. The lowest BCUT2D eigenvalue weighted by atomic mass is 9.94. The highest BCUT2D eigenvalue weighted by molar-refractivity contribution is 8.26. The molecule has 28 heavy (non-hydrogen) atoms. The third-order valence-electron chi connectivity index (χ3n) is 5.16.